The predicted octanol–water partition coefficient (Wildman–Crippen LogP) is 5.67. The summed E-state index contributed by atoms with van der Waals surface area (Å²) in [5, 5.41) is 11.1. The van der Waals surface area contributed by atoms with Crippen LogP contribution in [0.3, 0.4) is 0 Å². The third-order valence-corrected chi connectivity index (χ3v) is 5.23. The van der Waals surface area contributed by atoms with Gasteiger partial charge in [0.05, 0.1) is 6.04 Å². The molecule has 0 saturated carbocycles. The summed E-state index contributed by atoms with van der Waals surface area (Å²) in [5.41, 5.74) is 2.29. The van der Waals surface area contributed by atoms with Crippen molar-refractivity contribution in [2.75, 3.05) is 10.6 Å². The minimum Gasteiger partial charge on any atom is -0.356 e. The molecule has 5 nitrogen and oxygen atoms in total. The molecule has 4 aromatic rings. The molecule has 0 aliphatic carbocycles. The van der Waals surface area contributed by atoms with Gasteiger partial charge in [-0.1, -0.05) is 42.5 Å². The zero-order valence-corrected chi connectivity index (χ0v) is 18.1. The second kappa shape index (κ2) is 9.53. The molecule has 0 aliphatic heterocycles. The summed E-state index contributed by atoms with van der Waals surface area (Å²) < 4.78 is 13.9. The van der Waals surface area contributed by atoms with Crippen molar-refractivity contribution in [2.45, 2.75) is 13.0 Å². The van der Waals surface area contributed by atoms with E-state index in [0.717, 1.165) is 16.5 Å². The van der Waals surface area contributed by atoms with Gasteiger partial charge in [-0.2, -0.15) is 0 Å². The van der Waals surface area contributed by atoms with E-state index in [4.69, 9.17) is 12.2 Å². The lowest BCUT2D eigenvalue weighted by Crippen LogP contribution is -2.31. The summed E-state index contributed by atoms with van der Waals surface area (Å²) >= 11 is 5.34. The van der Waals surface area contributed by atoms with Gasteiger partial charge in [-0.05, 0) is 60.9 Å². The Morgan fingerprint density at radius 1 is 0.906 bits per heavy atom. The van der Waals surface area contributed by atoms with Crippen LogP contribution in [0.15, 0.2) is 85.1 Å². The van der Waals surface area contributed by atoms with Gasteiger partial charge in [0.1, 0.15) is 11.5 Å². The third-order valence-electron chi connectivity index (χ3n) is 5.01. The van der Waals surface area contributed by atoms with Gasteiger partial charge < -0.3 is 16.0 Å². The van der Waals surface area contributed by atoms with Crippen molar-refractivity contribution in [1.82, 2.24) is 10.3 Å². The second-order valence-corrected chi connectivity index (χ2v) is 7.66. The standard InChI is InChI=1S/C25H21FN4OS/c1-16(20-7-4-5-9-22(20)26)28-25(32)30-19-12-10-18(11-13-19)29-24(31)23-21-8-3-2-6-17(21)14-15-27-23/h2-16H,1H3,(H,29,31)(H2,28,30,32). The number of amides is 1. The first-order valence-corrected chi connectivity index (χ1v) is 10.5. The van der Waals surface area contributed by atoms with Crippen molar-refractivity contribution in [3.05, 3.63) is 102 Å². The van der Waals surface area contributed by atoms with Crippen LogP contribution in [0.4, 0.5) is 15.8 Å². The topological polar surface area (TPSA) is 66.0 Å². The first-order valence-electron chi connectivity index (χ1n) is 10.1. The van der Waals surface area contributed by atoms with Crippen LogP contribution in [0.25, 0.3) is 10.8 Å². The fourth-order valence-corrected chi connectivity index (χ4v) is 3.69. The monoisotopic (exact) mass is 444 g/mol. The average Bonchev–Trinajstić information content (AvgIpc) is 2.80. The molecular weight excluding hydrogens is 423 g/mol. The van der Waals surface area contributed by atoms with Crippen molar-refractivity contribution in [1.29, 1.82) is 0 Å². The maximum atomic E-state index is 13.9. The summed E-state index contributed by atoms with van der Waals surface area (Å²) in [7, 11) is 0. The number of fused-ring (bicyclic) bond motifs is 1. The highest BCUT2D eigenvalue weighted by molar-refractivity contribution is 7.80. The molecular formula is C25H21FN4OS. The highest BCUT2D eigenvalue weighted by atomic mass is 32.1. The normalized spacial score (nSPS) is 11.6. The minimum absolute atomic E-state index is 0.279. The first kappa shape index (κ1) is 21.4. The van der Waals surface area contributed by atoms with E-state index in [2.05, 4.69) is 20.9 Å². The highest BCUT2D eigenvalue weighted by Gasteiger charge is 2.13. The van der Waals surface area contributed by atoms with Gasteiger partial charge in [0, 0.05) is 28.5 Å². The molecule has 1 amide bonds. The van der Waals surface area contributed by atoms with E-state index in [1.165, 1.54) is 6.07 Å². The van der Waals surface area contributed by atoms with Crippen LogP contribution in [0.2, 0.25) is 0 Å². The Kier molecular flexibility index (Phi) is 6.37. The fourth-order valence-electron chi connectivity index (χ4n) is 3.40. The van der Waals surface area contributed by atoms with E-state index in [0.29, 0.717) is 22.1 Å². The van der Waals surface area contributed by atoms with Crippen LogP contribution < -0.4 is 16.0 Å². The maximum absolute atomic E-state index is 13.9. The number of pyridine rings is 1. The van der Waals surface area contributed by atoms with E-state index in [1.54, 1.807) is 48.7 Å². The summed E-state index contributed by atoms with van der Waals surface area (Å²) in [6.07, 6.45) is 1.63. The Bertz CT molecular complexity index is 1270. The quantitative estimate of drug-likeness (QED) is 0.346. The summed E-state index contributed by atoms with van der Waals surface area (Å²) in [5.74, 6) is -0.561. The van der Waals surface area contributed by atoms with E-state index < -0.39 is 0 Å². The number of carbonyl (C=O) groups excluding carboxylic acids is 1. The van der Waals surface area contributed by atoms with Crippen molar-refractivity contribution in [3.8, 4) is 0 Å². The van der Waals surface area contributed by atoms with Crippen LogP contribution >= 0.6 is 12.2 Å². The van der Waals surface area contributed by atoms with Crippen molar-refractivity contribution in [2.24, 2.45) is 0 Å². The van der Waals surface area contributed by atoms with Crippen LogP contribution in [-0.2, 0) is 0 Å². The molecule has 0 radical (unpaired) electrons. The summed E-state index contributed by atoms with van der Waals surface area (Å²) in [6, 6.07) is 22.9. The first-order chi connectivity index (χ1) is 15.5. The van der Waals surface area contributed by atoms with Crippen molar-refractivity contribution >= 4 is 45.4 Å². The smallest absolute Gasteiger partial charge is 0.274 e. The van der Waals surface area contributed by atoms with Gasteiger partial charge in [0.2, 0.25) is 0 Å². The number of aromatic nitrogens is 1. The van der Waals surface area contributed by atoms with Crippen LogP contribution in [-0.4, -0.2) is 16.0 Å². The number of halogens is 1. The molecule has 32 heavy (non-hydrogen) atoms. The van der Waals surface area contributed by atoms with Gasteiger partial charge in [-0.25, -0.2) is 4.39 Å². The predicted molar refractivity (Wildman–Crippen MR) is 130 cm³/mol. The number of hydrogen-bond donors (Lipinski definition) is 3. The number of benzene rings is 3. The van der Waals surface area contributed by atoms with Gasteiger partial charge >= 0.3 is 0 Å². The van der Waals surface area contributed by atoms with Crippen LogP contribution in [0.5, 0.6) is 0 Å². The number of nitrogens with zero attached hydrogens (tertiary/aromatic N) is 1. The van der Waals surface area contributed by atoms with Crippen LogP contribution in [0, 0.1) is 5.82 Å². The Balaban J connectivity index is 1.38. The minimum atomic E-state index is -0.289. The summed E-state index contributed by atoms with van der Waals surface area (Å²) in [4.78, 5) is 17.0. The lowest BCUT2D eigenvalue weighted by atomic mass is 10.1. The number of carbonyl (C=O) groups is 1. The fraction of sp³-hybridized carbons (Fsp3) is 0.0800. The average molecular weight is 445 g/mol. The van der Waals surface area contributed by atoms with Gasteiger partial charge in [-0.15, -0.1) is 0 Å². The molecule has 1 unspecified atom stereocenters. The molecule has 1 atom stereocenters. The lowest BCUT2D eigenvalue weighted by molar-refractivity contribution is 0.102. The Morgan fingerprint density at radius 2 is 1.56 bits per heavy atom. The van der Waals surface area contributed by atoms with E-state index in [9.17, 15) is 9.18 Å². The molecule has 0 fully saturated rings. The molecule has 4 rings (SSSR count). The lowest BCUT2D eigenvalue weighted by Gasteiger charge is -2.18. The molecule has 3 N–H and O–H groups in total. The molecule has 1 aromatic heterocycles. The van der Waals surface area contributed by atoms with Gasteiger partial charge in [-0.3, -0.25) is 9.78 Å². The number of rotatable bonds is 5. The Morgan fingerprint density at radius 3 is 2.31 bits per heavy atom. The van der Waals surface area contributed by atoms with E-state index in [-0.39, 0.29) is 17.8 Å². The molecule has 0 aliphatic rings. The second-order valence-electron chi connectivity index (χ2n) is 7.25. The molecule has 7 heteroatoms. The molecule has 1 heterocycles. The number of anilines is 2. The largest absolute Gasteiger partial charge is 0.356 e. The molecule has 0 spiro atoms. The SMILES string of the molecule is CC(NC(=S)Nc1ccc(NC(=O)c2nccc3ccccc23)cc1)c1ccccc1F. The van der Waals surface area contributed by atoms with E-state index >= 15 is 0 Å². The Hall–Kier alpha value is -3.84. The highest BCUT2D eigenvalue weighted by Crippen LogP contribution is 2.20. The van der Waals surface area contributed by atoms with Crippen molar-refractivity contribution in [3.63, 3.8) is 0 Å². The van der Waals surface area contributed by atoms with Crippen LogP contribution in [0.1, 0.15) is 29.0 Å². The Labute approximate surface area is 190 Å². The number of nitrogens with one attached hydrogen (secondary N) is 3. The number of hydrogen-bond acceptors (Lipinski definition) is 3. The zero-order chi connectivity index (χ0) is 22.5. The van der Waals surface area contributed by atoms with Gasteiger partial charge in [0.15, 0.2) is 5.11 Å². The van der Waals surface area contributed by atoms with E-state index in [1.807, 2.05) is 37.3 Å². The zero-order valence-electron chi connectivity index (χ0n) is 17.3. The van der Waals surface area contributed by atoms with Crippen molar-refractivity contribution < 1.29 is 9.18 Å². The van der Waals surface area contributed by atoms with Gasteiger partial charge in [0.25, 0.3) is 5.91 Å². The summed E-state index contributed by atoms with van der Waals surface area (Å²) in [6.45, 7) is 1.84. The molecule has 0 saturated heterocycles. The molecule has 0 bridgehead atoms. The number of thiocarbonyl (C=S) groups is 1. The molecule has 3 aromatic carbocycles. The molecule has 160 valence electrons. The maximum Gasteiger partial charge on any atom is 0.274 e. The third kappa shape index (κ3) is 4.90.